The maximum Gasteiger partial charge on any atom is 0.0334 e. The van der Waals surface area contributed by atoms with Gasteiger partial charge in [-0.1, -0.05) is 33.6 Å². The number of nitrogens with one attached hydrogen (secondary N) is 1. The zero-order valence-corrected chi connectivity index (χ0v) is 14.0. The van der Waals surface area contributed by atoms with E-state index in [9.17, 15) is 0 Å². The standard InChI is InChI=1S/C18H34N2/c1-17(2,3)16-12-20(11-14-7-5-6-8-14)18(4,13-19-16)15-9-10-15/h14-16,19H,5-13H2,1-4H3. The fourth-order valence-corrected chi connectivity index (χ4v) is 4.41. The smallest absolute Gasteiger partial charge is 0.0334 e. The van der Waals surface area contributed by atoms with Gasteiger partial charge in [-0.2, -0.15) is 0 Å². The van der Waals surface area contributed by atoms with Crippen LogP contribution < -0.4 is 5.32 Å². The first-order valence-corrected chi connectivity index (χ1v) is 8.88. The number of piperazine rings is 1. The molecule has 2 aliphatic carbocycles. The summed E-state index contributed by atoms with van der Waals surface area (Å²) in [6.07, 6.45) is 8.81. The van der Waals surface area contributed by atoms with E-state index in [1.54, 1.807) is 0 Å². The Balaban J connectivity index is 1.71. The van der Waals surface area contributed by atoms with Crippen molar-refractivity contribution >= 4 is 0 Å². The lowest BCUT2D eigenvalue weighted by molar-refractivity contribution is 0.000234. The van der Waals surface area contributed by atoms with Crippen LogP contribution in [0.15, 0.2) is 0 Å². The summed E-state index contributed by atoms with van der Waals surface area (Å²) in [6.45, 7) is 13.5. The molecule has 2 unspecified atom stereocenters. The average molecular weight is 278 g/mol. The second kappa shape index (κ2) is 5.28. The fourth-order valence-electron chi connectivity index (χ4n) is 4.41. The van der Waals surface area contributed by atoms with Gasteiger partial charge in [0.1, 0.15) is 0 Å². The molecule has 3 rings (SSSR count). The summed E-state index contributed by atoms with van der Waals surface area (Å²) in [7, 11) is 0. The molecular formula is C18H34N2. The van der Waals surface area contributed by atoms with E-state index >= 15 is 0 Å². The molecule has 0 amide bonds. The van der Waals surface area contributed by atoms with Gasteiger partial charge >= 0.3 is 0 Å². The number of hydrogen-bond acceptors (Lipinski definition) is 2. The van der Waals surface area contributed by atoms with Gasteiger partial charge in [0.2, 0.25) is 0 Å². The first-order chi connectivity index (χ1) is 9.39. The van der Waals surface area contributed by atoms with Crippen LogP contribution in [0.2, 0.25) is 0 Å². The monoisotopic (exact) mass is 278 g/mol. The van der Waals surface area contributed by atoms with Crippen LogP contribution >= 0.6 is 0 Å². The quantitative estimate of drug-likeness (QED) is 0.847. The van der Waals surface area contributed by atoms with E-state index in [0.29, 0.717) is 17.0 Å². The van der Waals surface area contributed by atoms with Gasteiger partial charge in [-0.25, -0.2) is 0 Å². The van der Waals surface area contributed by atoms with Crippen LogP contribution in [0.1, 0.15) is 66.2 Å². The lowest BCUT2D eigenvalue weighted by Crippen LogP contribution is -2.67. The molecule has 116 valence electrons. The van der Waals surface area contributed by atoms with Crippen molar-refractivity contribution in [1.82, 2.24) is 10.2 Å². The normalized spacial score (nSPS) is 37.5. The fraction of sp³-hybridized carbons (Fsp3) is 1.00. The number of rotatable bonds is 3. The van der Waals surface area contributed by atoms with E-state index in [1.165, 1.54) is 58.2 Å². The SMILES string of the molecule is CC(C)(C)C1CN(CC2CCCC2)C(C)(C2CC2)CN1. The molecule has 0 spiro atoms. The van der Waals surface area contributed by atoms with E-state index in [-0.39, 0.29) is 0 Å². The summed E-state index contributed by atoms with van der Waals surface area (Å²) in [4.78, 5) is 2.90. The summed E-state index contributed by atoms with van der Waals surface area (Å²) < 4.78 is 0. The van der Waals surface area contributed by atoms with Crippen molar-refractivity contribution < 1.29 is 0 Å². The van der Waals surface area contributed by atoms with Gasteiger partial charge in [0.15, 0.2) is 0 Å². The molecule has 2 atom stereocenters. The average Bonchev–Trinajstić information content (AvgIpc) is 3.11. The Hall–Kier alpha value is -0.0800. The van der Waals surface area contributed by atoms with Gasteiger partial charge < -0.3 is 5.32 Å². The van der Waals surface area contributed by atoms with Gasteiger partial charge in [-0.15, -0.1) is 0 Å². The lowest BCUT2D eigenvalue weighted by Gasteiger charge is -2.52. The topological polar surface area (TPSA) is 15.3 Å². The van der Waals surface area contributed by atoms with Crippen LogP contribution in [0.25, 0.3) is 0 Å². The molecule has 2 heteroatoms. The van der Waals surface area contributed by atoms with E-state index in [0.717, 1.165) is 11.8 Å². The summed E-state index contributed by atoms with van der Waals surface area (Å²) in [6, 6.07) is 0.649. The first-order valence-electron chi connectivity index (χ1n) is 8.88. The van der Waals surface area contributed by atoms with Gasteiger partial charge in [0.25, 0.3) is 0 Å². The lowest BCUT2D eigenvalue weighted by atomic mass is 9.80. The Labute approximate surface area is 125 Å². The van der Waals surface area contributed by atoms with E-state index in [2.05, 4.69) is 37.9 Å². The molecule has 3 fully saturated rings. The molecule has 2 saturated carbocycles. The highest BCUT2D eigenvalue weighted by molar-refractivity contribution is 5.06. The minimum Gasteiger partial charge on any atom is -0.310 e. The van der Waals surface area contributed by atoms with Gasteiger partial charge in [0.05, 0.1) is 0 Å². The molecular weight excluding hydrogens is 244 g/mol. The van der Waals surface area contributed by atoms with Crippen molar-refractivity contribution in [2.24, 2.45) is 17.3 Å². The van der Waals surface area contributed by atoms with Crippen molar-refractivity contribution in [3.8, 4) is 0 Å². The third kappa shape index (κ3) is 2.92. The van der Waals surface area contributed by atoms with Crippen LogP contribution in [-0.2, 0) is 0 Å². The zero-order chi connectivity index (χ0) is 14.4. The summed E-state index contributed by atoms with van der Waals surface area (Å²) in [5.41, 5.74) is 0.809. The predicted octanol–water partition coefficient (Wildman–Crippen LogP) is 3.67. The number of hydrogen-bond donors (Lipinski definition) is 1. The van der Waals surface area contributed by atoms with Crippen molar-refractivity contribution in [1.29, 1.82) is 0 Å². The van der Waals surface area contributed by atoms with Crippen LogP contribution in [-0.4, -0.2) is 36.1 Å². The highest BCUT2D eigenvalue weighted by Gasteiger charge is 2.49. The van der Waals surface area contributed by atoms with Gasteiger partial charge in [0, 0.05) is 31.2 Å². The Morgan fingerprint density at radius 2 is 1.75 bits per heavy atom. The van der Waals surface area contributed by atoms with Gasteiger partial charge in [-0.3, -0.25) is 4.90 Å². The van der Waals surface area contributed by atoms with Gasteiger partial charge in [-0.05, 0) is 49.9 Å². The molecule has 0 bridgehead atoms. The minimum absolute atomic E-state index is 0.374. The second-order valence-electron chi connectivity index (χ2n) is 8.99. The molecule has 0 aromatic rings. The molecule has 20 heavy (non-hydrogen) atoms. The third-order valence-electron chi connectivity index (χ3n) is 6.29. The second-order valence-corrected chi connectivity index (χ2v) is 8.99. The van der Waals surface area contributed by atoms with Crippen LogP contribution in [0.4, 0.5) is 0 Å². The molecule has 1 saturated heterocycles. The Morgan fingerprint density at radius 3 is 2.30 bits per heavy atom. The minimum atomic E-state index is 0.374. The first kappa shape index (κ1) is 14.8. The van der Waals surface area contributed by atoms with Crippen LogP contribution in [0.5, 0.6) is 0 Å². The van der Waals surface area contributed by atoms with Crippen LogP contribution in [0, 0.1) is 17.3 Å². The summed E-state index contributed by atoms with van der Waals surface area (Å²) >= 11 is 0. The maximum absolute atomic E-state index is 3.88. The highest BCUT2D eigenvalue weighted by Crippen LogP contribution is 2.45. The van der Waals surface area contributed by atoms with E-state index < -0.39 is 0 Å². The Bertz CT molecular complexity index is 336. The Kier molecular flexibility index (Phi) is 3.92. The molecule has 2 nitrogen and oxygen atoms in total. The predicted molar refractivity (Wildman–Crippen MR) is 85.9 cm³/mol. The molecule has 1 aliphatic heterocycles. The third-order valence-corrected chi connectivity index (χ3v) is 6.29. The highest BCUT2D eigenvalue weighted by atomic mass is 15.3. The molecule has 3 aliphatic rings. The van der Waals surface area contributed by atoms with Crippen LogP contribution in [0.3, 0.4) is 0 Å². The molecule has 1 N–H and O–H groups in total. The van der Waals surface area contributed by atoms with Crippen molar-refractivity contribution in [3.05, 3.63) is 0 Å². The zero-order valence-electron chi connectivity index (χ0n) is 14.0. The summed E-state index contributed by atoms with van der Waals surface area (Å²) in [5.74, 6) is 1.93. The van der Waals surface area contributed by atoms with Crippen molar-refractivity contribution in [2.45, 2.75) is 77.8 Å². The van der Waals surface area contributed by atoms with E-state index in [1.807, 2.05) is 0 Å². The largest absolute Gasteiger partial charge is 0.310 e. The summed E-state index contributed by atoms with van der Waals surface area (Å²) in [5, 5.41) is 3.88. The molecule has 0 radical (unpaired) electrons. The maximum atomic E-state index is 3.88. The number of nitrogens with zero attached hydrogens (tertiary/aromatic N) is 1. The molecule has 0 aromatic heterocycles. The Morgan fingerprint density at radius 1 is 1.10 bits per heavy atom. The molecule has 0 aromatic carbocycles. The molecule has 1 heterocycles. The van der Waals surface area contributed by atoms with Crippen molar-refractivity contribution in [2.75, 3.05) is 19.6 Å². The van der Waals surface area contributed by atoms with E-state index in [4.69, 9.17) is 0 Å². The van der Waals surface area contributed by atoms with Crippen molar-refractivity contribution in [3.63, 3.8) is 0 Å².